The molecule has 0 unspecified atom stereocenters. The van der Waals surface area contributed by atoms with E-state index in [-0.39, 0.29) is 17.2 Å². The molecule has 0 radical (unpaired) electrons. The molecule has 0 saturated carbocycles. The summed E-state index contributed by atoms with van der Waals surface area (Å²) in [5.41, 5.74) is 2.22. The molecule has 2 N–H and O–H groups in total. The van der Waals surface area contributed by atoms with Gasteiger partial charge in [0.15, 0.2) is 5.78 Å². The molecule has 2 aromatic carbocycles. The van der Waals surface area contributed by atoms with Crippen LogP contribution in [0.3, 0.4) is 0 Å². The molecule has 1 aliphatic carbocycles. The van der Waals surface area contributed by atoms with Crippen LogP contribution >= 0.6 is 0 Å². The minimum Gasteiger partial charge on any atom is -0.493 e. The Kier molecular flexibility index (Phi) is 3.47. The largest absolute Gasteiger partial charge is 0.493 e. The van der Waals surface area contributed by atoms with E-state index in [1.54, 1.807) is 30.3 Å². The van der Waals surface area contributed by atoms with E-state index in [1.807, 2.05) is 30.3 Å². The molecule has 1 heterocycles. The Hall–Kier alpha value is -3.60. The van der Waals surface area contributed by atoms with Crippen LogP contribution in [0, 0.1) is 0 Å². The minimum atomic E-state index is -0.464. The summed E-state index contributed by atoms with van der Waals surface area (Å²) in [5.74, 6) is -0.437. The molecule has 5 heteroatoms. The number of allylic oxidation sites excluding steroid dienone is 2. The maximum Gasteiger partial charge on any atom is 0.275 e. The average molecular weight is 330 g/mol. The van der Waals surface area contributed by atoms with Crippen LogP contribution in [0.5, 0.6) is 5.88 Å². The number of hydrogen-bond acceptors (Lipinski definition) is 3. The molecular weight excluding hydrogens is 316 g/mol. The Bertz CT molecular complexity index is 1090. The molecule has 0 atom stereocenters. The zero-order valence-electron chi connectivity index (χ0n) is 13.1. The predicted octanol–water partition coefficient (Wildman–Crippen LogP) is 3.01. The number of aromatic amines is 1. The zero-order chi connectivity index (χ0) is 17.4. The summed E-state index contributed by atoms with van der Waals surface area (Å²) in [6.45, 7) is 0. The Labute approximate surface area is 143 Å². The quantitative estimate of drug-likeness (QED) is 0.709. The van der Waals surface area contributed by atoms with Crippen molar-refractivity contribution in [3.63, 3.8) is 0 Å². The van der Waals surface area contributed by atoms with Gasteiger partial charge in [-0.25, -0.2) is 4.68 Å². The Morgan fingerprint density at radius 1 is 0.920 bits per heavy atom. The average Bonchev–Trinajstić information content (AvgIpc) is 2.93. The molecule has 3 aromatic rings. The maximum absolute atomic E-state index is 12.3. The monoisotopic (exact) mass is 330 g/mol. The smallest absolute Gasteiger partial charge is 0.275 e. The number of nitrogens with one attached hydrogen (secondary N) is 1. The van der Waals surface area contributed by atoms with Crippen LogP contribution in [0.15, 0.2) is 65.5 Å². The first kappa shape index (κ1) is 15.0. The van der Waals surface area contributed by atoms with Crippen LogP contribution < -0.4 is 5.56 Å². The molecule has 0 saturated heterocycles. The predicted molar refractivity (Wildman–Crippen MR) is 96.4 cm³/mol. The van der Waals surface area contributed by atoms with Gasteiger partial charge in [-0.15, -0.1) is 0 Å². The van der Waals surface area contributed by atoms with Gasteiger partial charge in [0.1, 0.15) is 5.56 Å². The van der Waals surface area contributed by atoms with Crippen molar-refractivity contribution in [1.29, 1.82) is 0 Å². The number of para-hydroxylation sites is 1. The molecule has 0 amide bonds. The molecule has 0 spiro atoms. The van der Waals surface area contributed by atoms with Crippen LogP contribution in [0.25, 0.3) is 23.4 Å². The van der Waals surface area contributed by atoms with Crippen molar-refractivity contribution in [2.24, 2.45) is 0 Å². The first-order valence-electron chi connectivity index (χ1n) is 7.78. The van der Waals surface area contributed by atoms with Gasteiger partial charge in [0, 0.05) is 5.57 Å². The fourth-order valence-electron chi connectivity index (χ4n) is 2.90. The van der Waals surface area contributed by atoms with Crippen LogP contribution in [0.1, 0.15) is 16.7 Å². The first-order chi connectivity index (χ1) is 12.1. The number of carbonyl (C=O) groups excluding carboxylic acids is 1. The maximum atomic E-state index is 12.3. The Morgan fingerprint density at radius 2 is 1.64 bits per heavy atom. The number of ketones is 1. The molecule has 122 valence electrons. The SMILES string of the molecule is O=C1C=Cc2ccccc2/C1=C\c1c(O)n(-c2ccccc2)[nH]c1=O. The molecule has 0 bridgehead atoms. The summed E-state index contributed by atoms with van der Waals surface area (Å²) >= 11 is 0. The summed E-state index contributed by atoms with van der Waals surface area (Å²) in [7, 11) is 0. The normalized spacial score (nSPS) is 14.7. The van der Waals surface area contributed by atoms with Gasteiger partial charge < -0.3 is 5.11 Å². The summed E-state index contributed by atoms with van der Waals surface area (Å²) in [5, 5.41) is 13.1. The van der Waals surface area contributed by atoms with E-state index in [2.05, 4.69) is 5.10 Å². The van der Waals surface area contributed by atoms with Crippen molar-refractivity contribution in [3.8, 4) is 11.6 Å². The molecule has 4 rings (SSSR count). The lowest BCUT2D eigenvalue weighted by atomic mass is 9.90. The third kappa shape index (κ3) is 2.52. The van der Waals surface area contributed by atoms with Crippen molar-refractivity contribution in [2.75, 3.05) is 0 Å². The van der Waals surface area contributed by atoms with Crippen LogP contribution in [-0.4, -0.2) is 20.7 Å². The summed E-state index contributed by atoms with van der Waals surface area (Å²) in [6.07, 6.45) is 4.65. The van der Waals surface area contributed by atoms with Crippen LogP contribution in [0.4, 0.5) is 0 Å². The molecular formula is C20H14N2O3. The van der Waals surface area contributed by atoms with Gasteiger partial charge in [-0.1, -0.05) is 48.5 Å². The zero-order valence-corrected chi connectivity index (χ0v) is 13.1. The topological polar surface area (TPSA) is 75.1 Å². The molecule has 1 aliphatic rings. The summed E-state index contributed by atoms with van der Waals surface area (Å²) in [4.78, 5) is 24.6. The molecule has 1 aromatic heterocycles. The van der Waals surface area contributed by atoms with Crippen LogP contribution in [-0.2, 0) is 4.79 Å². The number of hydrogen-bond donors (Lipinski definition) is 2. The minimum absolute atomic E-state index is 0.0531. The second kappa shape index (κ2) is 5.79. The lowest BCUT2D eigenvalue weighted by Gasteiger charge is -2.12. The highest BCUT2D eigenvalue weighted by atomic mass is 16.3. The van der Waals surface area contributed by atoms with Crippen molar-refractivity contribution in [2.45, 2.75) is 0 Å². The number of nitrogens with zero attached hydrogens (tertiary/aromatic N) is 1. The highest BCUT2D eigenvalue weighted by Gasteiger charge is 2.20. The van der Waals surface area contributed by atoms with Crippen LogP contribution in [0.2, 0.25) is 0 Å². The van der Waals surface area contributed by atoms with Gasteiger partial charge in [-0.3, -0.25) is 14.7 Å². The molecule has 5 nitrogen and oxygen atoms in total. The number of rotatable bonds is 2. The van der Waals surface area contributed by atoms with Crippen molar-refractivity contribution >= 4 is 23.5 Å². The number of carbonyl (C=O) groups is 1. The van der Waals surface area contributed by atoms with Crippen molar-refractivity contribution in [1.82, 2.24) is 9.78 Å². The molecule has 0 aliphatic heterocycles. The number of fused-ring (bicyclic) bond motifs is 1. The van der Waals surface area contributed by atoms with Gasteiger partial charge in [-0.2, -0.15) is 0 Å². The number of aromatic hydroxyl groups is 1. The van der Waals surface area contributed by atoms with Crippen molar-refractivity contribution in [3.05, 3.63) is 87.7 Å². The van der Waals surface area contributed by atoms with Gasteiger partial charge in [0.25, 0.3) is 5.56 Å². The first-order valence-corrected chi connectivity index (χ1v) is 7.78. The van der Waals surface area contributed by atoms with E-state index in [0.717, 1.165) is 11.1 Å². The van der Waals surface area contributed by atoms with E-state index in [0.29, 0.717) is 11.3 Å². The second-order valence-corrected chi connectivity index (χ2v) is 5.69. The molecule has 0 fully saturated rings. The lowest BCUT2D eigenvalue weighted by Crippen LogP contribution is -2.08. The van der Waals surface area contributed by atoms with E-state index in [4.69, 9.17) is 0 Å². The summed E-state index contributed by atoms with van der Waals surface area (Å²) in [6, 6.07) is 16.4. The third-order valence-corrected chi connectivity index (χ3v) is 4.14. The van der Waals surface area contributed by atoms with E-state index in [9.17, 15) is 14.7 Å². The Morgan fingerprint density at radius 3 is 2.44 bits per heavy atom. The van der Waals surface area contributed by atoms with E-state index in [1.165, 1.54) is 16.8 Å². The number of H-pyrrole nitrogens is 1. The fourth-order valence-corrected chi connectivity index (χ4v) is 2.90. The van der Waals surface area contributed by atoms with Gasteiger partial charge in [0.05, 0.1) is 5.69 Å². The summed E-state index contributed by atoms with van der Waals surface area (Å²) < 4.78 is 1.30. The highest BCUT2D eigenvalue weighted by Crippen LogP contribution is 2.30. The van der Waals surface area contributed by atoms with E-state index < -0.39 is 5.56 Å². The van der Waals surface area contributed by atoms with Gasteiger partial charge in [0.2, 0.25) is 5.88 Å². The highest BCUT2D eigenvalue weighted by molar-refractivity contribution is 6.33. The van der Waals surface area contributed by atoms with E-state index >= 15 is 0 Å². The molecule has 25 heavy (non-hydrogen) atoms. The van der Waals surface area contributed by atoms with Gasteiger partial charge >= 0.3 is 0 Å². The van der Waals surface area contributed by atoms with Gasteiger partial charge in [-0.05, 0) is 35.4 Å². The standard InChI is InChI=1S/C20H14N2O3/c23-18-11-10-13-6-4-5-9-15(13)16(18)12-17-19(24)21-22(20(17)25)14-7-2-1-3-8-14/h1-12,25H,(H,21,24)/b16-12+. The number of aromatic nitrogens is 2. The fraction of sp³-hybridized carbons (Fsp3) is 0. The Balaban J connectivity index is 1.88. The third-order valence-electron chi connectivity index (χ3n) is 4.14. The number of benzene rings is 2. The lowest BCUT2D eigenvalue weighted by molar-refractivity contribution is -0.109. The second-order valence-electron chi connectivity index (χ2n) is 5.69. The van der Waals surface area contributed by atoms with Crippen molar-refractivity contribution < 1.29 is 9.90 Å².